The average Bonchev–Trinajstić information content (AvgIpc) is 3.12. The van der Waals surface area contributed by atoms with Crippen molar-refractivity contribution in [2.75, 3.05) is 45.2 Å². The standard InChI is InChI=1S/C21H20F2N6O2/c1-27-5-7-28(8-6-27)20-15(22)9-13-18-14(11-25-19(13)17(20)23)21(30)29(26-18)16-4-3-12(31-2)10-24-16/h3-4,9-11,26H,5-8H2,1-2H3. The number of ether oxygens (including phenoxy) is 1. The number of methoxy groups -OCH3 is 1. The van der Waals surface area contributed by atoms with E-state index in [1.165, 1.54) is 30.3 Å². The lowest BCUT2D eigenvalue weighted by Crippen LogP contribution is -2.45. The number of anilines is 1. The van der Waals surface area contributed by atoms with Crippen molar-refractivity contribution in [1.82, 2.24) is 24.6 Å². The van der Waals surface area contributed by atoms with Gasteiger partial charge in [-0.15, -0.1) is 0 Å². The summed E-state index contributed by atoms with van der Waals surface area (Å²) in [6.45, 7) is 2.48. The molecule has 3 aromatic heterocycles. The Morgan fingerprint density at radius 2 is 1.84 bits per heavy atom. The molecule has 31 heavy (non-hydrogen) atoms. The summed E-state index contributed by atoms with van der Waals surface area (Å²) in [6, 6.07) is 4.51. The number of likely N-dealkylation sites (N-methyl/N-ethyl adjacent to an activating group) is 1. The van der Waals surface area contributed by atoms with Crippen LogP contribution in [0.5, 0.6) is 5.75 Å². The molecule has 1 saturated heterocycles. The molecule has 0 bridgehead atoms. The van der Waals surface area contributed by atoms with E-state index in [1.54, 1.807) is 17.0 Å². The van der Waals surface area contributed by atoms with Gasteiger partial charge in [0.25, 0.3) is 5.56 Å². The molecule has 0 aliphatic carbocycles. The van der Waals surface area contributed by atoms with Crippen molar-refractivity contribution in [3.63, 3.8) is 0 Å². The van der Waals surface area contributed by atoms with Crippen LogP contribution in [0, 0.1) is 11.6 Å². The van der Waals surface area contributed by atoms with Crippen LogP contribution in [-0.4, -0.2) is 65.0 Å². The van der Waals surface area contributed by atoms with Crippen LogP contribution in [0.3, 0.4) is 0 Å². The molecule has 0 unspecified atom stereocenters. The molecule has 4 heterocycles. The Morgan fingerprint density at radius 3 is 2.52 bits per heavy atom. The molecule has 0 spiro atoms. The first kappa shape index (κ1) is 19.4. The van der Waals surface area contributed by atoms with Crippen LogP contribution < -0.4 is 15.2 Å². The number of H-pyrrole nitrogens is 1. The highest BCUT2D eigenvalue weighted by Gasteiger charge is 2.25. The highest BCUT2D eigenvalue weighted by atomic mass is 19.1. The van der Waals surface area contributed by atoms with Crippen molar-refractivity contribution < 1.29 is 13.5 Å². The second-order valence-corrected chi connectivity index (χ2v) is 7.56. The van der Waals surface area contributed by atoms with E-state index in [0.717, 1.165) is 0 Å². The molecule has 5 rings (SSSR count). The monoisotopic (exact) mass is 426 g/mol. The molecule has 1 aliphatic rings. The number of rotatable bonds is 3. The summed E-state index contributed by atoms with van der Waals surface area (Å²) in [5.41, 5.74) is -0.175. The number of hydrogen-bond acceptors (Lipinski definition) is 6. The molecule has 4 aromatic rings. The van der Waals surface area contributed by atoms with E-state index >= 15 is 8.78 Å². The Labute approximate surface area is 175 Å². The van der Waals surface area contributed by atoms with E-state index in [0.29, 0.717) is 43.3 Å². The topological polar surface area (TPSA) is 79.3 Å². The minimum atomic E-state index is -0.724. The largest absolute Gasteiger partial charge is 0.495 e. The third-order valence-electron chi connectivity index (χ3n) is 5.69. The quantitative estimate of drug-likeness (QED) is 0.542. The summed E-state index contributed by atoms with van der Waals surface area (Å²) in [5, 5.41) is 3.35. The van der Waals surface area contributed by atoms with Gasteiger partial charge in [-0.2, -0.15) is 0 Å². The molecule has 8 nitrogen and oxygen atoms in total. The Balaban J connectivity index is 1.67. The smallest absolute Gasteiger partial charge is 0.282 e. The first-order valence-corrected chi connectivity index (χ1v) is 9.83. The minimum absolute atomic E-state index is 0.0129. The van der Waals surface area contributed by atoms with E-state index in [9.17, 15) is 4.79 Å². The number of piperazine rings is 1. The number of aromatic nitrogens is 4. The number of pyridine rings is 2. The van der Waals surface area contributed by atoms with Gasteiger partial charge in [-0.25, -0.2) is 18.4 Å². The number of fused-ring (bicyclic) bond motifs is 3. The first-order valence-electron chi connectivity index (χ1n) is 9.83. The van der Waals surface area contributed by atoms with Crippen molar-refractivity contribution in [3.05, 3.63) is 52.6 Å². The van der Waals surface area contributed by atoms with Gasteiger partial charge in [-0.1, -0.05) is 0 Å². The van der Waals surface area contributed by atoms with Gasteiger partial charge in [0.15, 0.2) is 11.6 Å². The first-order chi connectivity index (χ1) is 15.0. The Bertz CT molecular complexity index is 1340. The molecule has 160 valence electrons. The normalized spacial score (nSPS) is 15.2. The predicted molar refractivity (Wildman–Crippen MR) is 113 cm³/mol. The van der Waals surface area contributed by atoms with Crippen LogP contribution >= 0.6 is 0 Å². The van der Waals surface area contributed by atoms with Crippen LogP contribution in [0.25, 0.3) is 27.6 Å². The van der Waals surface area contributed by atoms with Gasteiger partial charge in [-0.05, 0) is 25.2 Å². The molecule has 0 saturated carbocycles. The molecule has 1 N–H and O–H groups in total. The van der Waals surface area contributed by atoms with Crippen LogP contribution in [0.2, 0.25) is 0 Å². The third-order valence-corrected chi connectivity index (χ3v) is 5.69. The van der Waals surface area contributed by atoms with E-state index in [1.807, 2.05) is 7.05 Å². The van der Waals surface area contributed by atoms with Crippen LogP contribution in [0.1, 0.15) is 0 Å². The number of hydrogen-bond donors (Lipinski definition) is 1. The summed E-state index contributed by atoms with van der Waals surface area (Å²) in [4.78, 5) is 25.0. The lowest BCUT2D eigenvalue weighted by molar-refractivity contribution is 0.310. The second kappa shape index (κ2) is 7.31. The van der Waals surface area contributed by atoms with Crippen molar-refractivity contribution in [1.29, 1.82) is 0 Å². The molecule has 1 aliphatic heterocycles. The maximum Gasteiger partial charge on any atom is 0.282 e. The predicted octanol–water partition coefficient (Wildman–Crippen LogP) is 2.30. The number of benzene rings is 1. The average molecular weight is 426 g/mol. The van der Waals surface area contributed by atoms with Gasteiger partial charge in [0, 0.05) is 37.8 Å². The van der Waals surface area contributed by atoms with Crippen molar-refractivity contribution in [3.8, 4) is 11.6 Å². The summed E-state index contributed by atoms with van der Waals surface area (Å²) in [5.74, 6) is -0.539. The Morgan fingerprint density at radius 1 is 1.06 bits per heavy atom. The highest BCUT2D eigenvalue weighted by molar-refractivity contribution is 6.04. The molecule has 1 fully saturated rings. The zero-order valence-corrected chi connectivity index (χ0v) is 17.0. The molecule has 0 amide bonds. The summed E-state index contributed by atoms with van der Waals surface area (Å²) < 4.78 is 36.7. The fourth-order valence-electron chi connectivity index (χ4n) is 3.93. The summed E-state index contributed by atoms with van der Waals surface area (Å²) in [6.07, 6.45) is 2.79. The molecule has 0 atom stereocenters. The maximum absolute atomic E-state index is 15.4. The number of halogens is 2. The highest BCUT2D eigenvalue weighted by Crippen LogP contribution is 2.32. The molecule has 0 radical (unpaired) electrons. The van der Waals surface area contributed by atoms with Crippen molar-refractivity contribution in [2.24, 2.45) is 0 Å². The Kier molecular flexibility index (Phi) is 4.58. The lowest BCUT2D eigenvalue weighted by atomic mass is 10.1. The Hall–Kier alpha value is -3.53. The van der Waals surface area contributed by atoms with E-state index in [4.69, 9.17) is 4.74 Å². The molecular weight excluding hydrogens is 406 g/mol. The van der Waals surface area contributed by atoms with E-state index in [2.05, 4.69) is 20.0 Å². The number of nitrogens with one attached hydrogen (secondary N) is 1. The SMILES string of the molecule is COc1ccc(-n2[nH]c3c(cnc4c(F)c(N5CCN(C)CC5)c(F)cc43)c2=O)nc1. The molecular formula is C21H20F2N6O2. The van der Waals surface area contributed by atoms with Gasteiger partial charge in [0.05, 0.1) is 24.2 Å². The lowest BCUT2D eigenvalue weighted by Gasteiger charge is -2.34. The van der Waals surface area contributed by atoms with Gasteiger partial charge in [-0.3, -0.25) is 14.9 Å². The van der Waals surface area contributed by atoms with Crippen LogP contribution in [0.4, 0.5) is 14.5 Å². The zero-order chi connectivity index (χ0) is 21.7. The maximum atomic E-state index is 15.4. The van der Waals surface area contributed by atoms with Gasteiger partial charge in [0.1, 0.15) is 22.8 Å². The molecule has 1 aromatic carbocycles. The fraction of sp³-hybridized carbons (Fsp3) is 0.286. The van der Waals surface area contributed by atoms with Gasteiger partial charge >= 0.3 is 0 Å². The summed E-state index contributed by atoms with van der Waals surface area (Å²) in [7, 11) is 3.49. The fourth-order valence-corrected chi connectivity index (χ4v) is 3.93. The third kappa shape index (κ3) is 3.10. The van der Waals surface area contributed by atoms with Crippen LogP contribution in [0.15, 0.2) is 35.4 Å². The van der Waals surface area contributed by atoms with Gasteiger partial charge in [0.2, 0.25) is 0 Å². The van der Waals surface area contributed by atoms with Crippen molar-refractivity contribution >= 4 is 27.5 Å². The minimum Gasteiger partial charge on any atom is -0.495 e. The number of nitrogens with zero attached hydrogens (tertiary/aromatic N) is 5. The van der Waals surface area contributed by atoms with Crippen LogP contribution in [-0.2, 0) is 0 Å². The second-order valence-electron chi connectivity index (χ2n) is 7.56. The molecule has 10 heteroatoms. The zero-order valence-electron chi connectivity index (χ0n) is 17.0. The van der Waals surface area contributed by atoms with E-state index in [-0.39, 0.29) is 22.0 Å². The van der Waals surface area contributed by atoms with E-state index < -0.39 is 17.2 Å². The number of aromatic amines is 1. The van der Waals surface area contributed by atoms with Crippen molar-refractivity contribution in [2.45, 2.75) is 0 Å². The van der Waals surface area contributed by atoms with Gasteiger partial charge < -0.3 is 14.5 Å². The summed E-state index contributed by atoms with van der Waals surface area (Å²) >= 11 is 0.